The molecule has 0 radical (unpaired) electrons. The van der Waals surface area contributed by atoms with Crippen LogP contribution >= 0.6 is 15.9 Å². The Kier molecular flexibility index (Phi) is 7.37. The second-order valence-corrected chi connectivity index (χ2v) is 7.65. The fraction of sp³-hybridized carbons (Fsp3) is 0.409. The molecule has 0 N–H and O–H groups in total. The third kappa shape index (κ3) is 4.32. The maximum absolute atomic E-state index is 13.1. The Hall–Kier alpha value is -2.81. The highest BCUT2D eigenvalue weighted by Crippen LogP contribution is 2.28. The molecule has 0 spiro atoms. The monoisotopic (exact) mass is 490 g/mol. The lowest BCUT2D eigenvalue weighted by Crippen LogP contribution is -2.40. The van der Waals surface area contributed by atoms with Gasteiger partial charge in [0.15, 0.2) is 22.7 Å². The summed E-state index contributed by atoms with van der Waals surface area (Å²) in [6.45, 7) is 5.03. The molecule has 0 aliphatic heterocycles. The van der Waals surface area contributed by atoms with Crippen LogP contribution < -0.4 is 20.7 Å². The minimum atomic E-state index is -0.330. The molecule has 0 saturated carbocycles. The largest absolute Gasteiger partial charge is 0.493 e. The number of fused-ring (bicyclic) bond motifs is 1. The summed E-state index contributed by atoms with van der Waals surface area (Å²) in [5, 5.41) is 0.793. The number of aromatic nitrogens is 4. The van der Waals surface area contributed by atoms with E-state index in [2.05, 4.69) is 20.9 Å². The normalized spacial score (nSPS) is 11.5. The molecule has 31 heavy (non-hydrogen) atoms. The van der Waals surface area contributed by atoms with Crippen LogP contribution in [0.4, 0.5) is 0 Å². The van der Waals surface area contributed by atoms with Crippen LogP contribution in [0.15, 0.2) is 27.8 Å². The number of benzene rings is 1. The minimum Gasteiger partial charge on any atom is -0.493 e. The van der Waals surface area contributed by atoms with Crippen LogP contribution in [0.1, 0.15) is 31.7 Å². The lowest BCUT2D eigenvalue weighted by Gasteiger charge is -2.10. The highest BCUT2D eigenvalue weighted by molar-refractivity contribution is 9.09. The van der Waals surface area contributed by atoms with Crippen LogP contribution in [-0.4, -0.2) is 38.2 Å². The van der Waals surface area contributed by atoms with Gasteiger partial charge in [-0.05, 0) is 44.0 Å². The predicted octanol–water partition coefficient (Wildman–Crippen LogP) is 3.37. The Labute approximate surface area is 188 Å². The van der Waals surface area contributed by atoms with Gasteiger partial charge in [-0.25, -0.2) is 9.78 Å². The molecule has 3 aromatic rings. The van der Waals surface area contributed by atoms with Gasteiger partial charge in [-0.15, -0.1) is 0 Å². The van der Waals surface area contributed by atoms with Crippen LogP contribution in [0, 0.1) is 0 Å². The fourth-order valence-corrected chi connectivity index (χ4v) is 3.82. The number of imidazole rings is 1. The van der Waals surface area contributed by atoms with Crippen molar-refractivity contribution < 1.29 is 9.47 Å². The lowest BCUT2D eigenvalue weighted by atomic mass is 10.2. The third-order valence-electron chi connectivity index (χ3n) is 5.12. The van der Waals surface area contributed by atoms with E-state index in [0.29, 0.717) is 48.1 Å². The highest BCUT2D eigenvalue weighted by Gasteiger charge is 2.19. The zero-order valence-electron chi connectivity index (χ0n) is 18.2. The molecule has 166 valence electrons. The SMILES string of the molecule is CCn1c(=O)c2c(nc(C=Cc3ccc(OC)c(OC)c3)n2CCCBr)n(CC)c1=O. The Morgan fingerprint density at radius 1 is 1.00 bits per heavy atom. The summed E-state index contributed by atoms with van der Waals surface area (Å²) in [7, 11) is 3.18. The number of alkyl halides is 1. The van der Waals surface area contributed by atoms with Gasteiger partial charge in [0, 0.05) is 25.0 Å². The molecule has 2 heterocycles. The van der Waals surface area contributed by atoms with Crippen molar-refractivity contribution in [2.24, 2.45) is 0 Å². The van der Waals surface area contributed by atoms with Gasteiger partial charge in [-0.2, -0.15) is 0 Å². The average molecular weight is 491 g/mol. The zero-order valence-corrected chi connectivity index (χ0v) is 19.8. The van der Waals surface area contributed by atoms with E-state index in [4.69, 9.17) is 9.47 Å². The molecule has 0 aliphatic rings. The van der Waals surface area contributed by atoms with Crippen LogP contribution in [-0.2, 0) is 19.6 Å². The minimum absolute atomic E-state index is 0.306. The Morgan fingerprint density at radius 2 is 1.71 bits per heavy atom. The molecule has 9 heteroatoms. The number of methoxy groups -OCH3 is 2. The smallest absolute Gasteiger partial charge is 0.332 e. The first-order valence-electron chi connectivity index (χ1n) is 10.2. The molecule has 3 rings (SSSR count). The van der Waals surface area contributed by atoms with E-state index in [9.17, 15) is 9.59 Å². The summed E-state index contributed by atoms with van der Waals surface area (Å²) in [6.07, 6.45) is 4.58. The Bertz CT molecular complexity index is 1220. The van der Waals surface area contributed by atoms with E-state index >= 15 is 0 Å². The van der Waals surface area contributed by atoms with E-state index < -0.39 is 0 Å². The van der Waals surface area contributed by atoms with E-state index in [1.54, 1.807) is 25.7 Å². The van der Waals surface area contributed by atoms with Gasteiger partial charge >= 0.3 is 5.69 Å². The number of ether oxygens (including phenoxy) is 2. The standard InChI is InChI=1S/C22H27BrN4O4/c1-5-25-20-19(21(28)26(6-2)22(25)29)27(13-7-12-23)18(24-20)11-9-15-8-10-16(30-3)17(14-15)31-4/h8-11,14H,5-7,12-13H2,1-4H3. The molecule has 2 aromatic heterocycles. The maximum Gasteiger partial charge on any atom is 0.332 e. The molecule has 0 aliphatic carbocycles. The van der Waals surface area contributed by atoms with Crippen molar-refractivity contribution >= 4 is 39.2 Å². The van der Waals surface area contributed by atoms with Crippen LogP contribution in [0.2, 0.25) is 0 Å². The van der Waals surface area contributed by atoms with Gasteiger partial charge in [-0.1, -0.05) is 28.1 Å². The number of aryl methyl sites for hydroxylation is 2. The fourth-order valence-electron chi connectivity index (χ4n) is 3.57. The van der Waals surface area contributed by atoms with Gasteiger partial charge < -0.3 is 14.0 Å². The molecular formula is C22H27BrN4O4. The number of nitrogens with zero attached hydrogens (tertiary/aromatic N) is 4. The van der Waals surface area contributed by atoms with Gasteiger partial charge in [0.05, 0.1) is 14.2 Å². The van der Waals surface area contributed by atoms with E-state index in [1.807, 2.05) is 41.8 Å². The van der Waals surface area contributed by atoms with Crippen molar-refractivity contribution in [2.75, 3.05) is 19.5 Å². The lowest BCUT2D eigenvalue weighted by molar-refractivity contribution is 0.355. The van der Waals surface area contributed by atoms with Crippen molar-refractivity contribution in [3.05, 3.63) is 50.4 Å². The van der Waals surface area contributed by atoms with Crippen LogP contribution in [0.5, 0.6) is 11.5 Å². The topological polar surface area (TPSA) is 80.3 Å². The molecule has 0 amide bonds. The third-order valence-corrected chi connectivity index (χ3v) is 5.68. The first kappa shape index (κ1) is 22.9. The van der Waals surface area contributed by atoms with Crippen LogP contribution in [0.3, 0.4) is 0 Å². The van der Waals surface area contributed by atoms with E-state index in [1.165, 1.54) is 4.57 Å². The van der Waals surface area contributed by atoms with Crippen molar-refractivity contribution in [1.82, 2.24) is 18.7 Å². The summed E-state index contributed by atoms with van der Waals surface area (Å²) < 4.78 is 15.4. The molecule has 0 bridgehead atoms. The molecule has 0 fully saturated rings. The molecule has 1 aromatic carbocycles. The van der Waals surface area contributed by atoms with Crippen molar-refractivity contribution in [3.8, 4) is 11.5 Å². The van der Waals surface area contributed by atoms with Gasteiger partial charge in [-0.3, -0.25) is 13.9 Å². The quantitative estimate of drug-likeness (QED) is 0.429. The van der Waals surface area contributed by atoms with E-state index in [-0.39, 0.29) is 11.2 Å². The van der Waals surface area contributed by atoms with Crippen LogP contribution in [0.25, 0.3) is 23.3 Å². The summed E-state index contributed by atoms with van der Waals surface area (Å²) in [4.78, 5) is 30.5. The zero-order chi connectivity index (χ0) is 22.5. The molecule has 0 atom stereocenters. The van der Waals surface area contributed by atoms with Gasteiger partial charge in [0.25, 0.3) is 5.56 Å². The molecule has 0 unspecified atom stereocenters. The summed E-state index contributed by atoms with van der Waals surface area (Å²) in [5.74, 6) is 1.90. The first-order chi connectivity index (χ1) is 15.0. The number of hydrogen-bond acceptors (Lipinski definition) is 5. The number of hydrogen-bond donors (Lipinski definition) is 0. The van der Waals surface area contributed by atoms with Crippen molar-refractivity contribution in [1.29, 1.82) is 0 Å². The highest BCUT2D eigenvalue weighted by atomic mass is 79.9. The molecular weight excluding hydrogens is 464 g/mol. The Morgan fingerprint density at radius 3 is 2.32 bits per heavy atom. The van der Waals surface area contributed by atoms with Crippen molar-refractivity contribution in [2.45, 2.75) is 39.9 Å². The first-order valence-corrected chi connectivity index (χ1v) is 11.3. The van der Waals surface area contributed by atoms with Gasteiger partial charge in [0.2, 0.25) is 0 Å². The second-order valence-electron chi connectivity index (χ2n) is 6.86. The number of halogens is 1. The van der Waals surface area contributed by atoms with Crippen molar-refractivity contribution in [3.63, 3.8) is 0 Å². The summed E-state index contributed by atoms with van der Waals surface area (Å²) >= 11 is 3.46. The average Bonchev–Trinajstić information content (AvgIpc) is 3.14. The second kappa shape index (κ2) is 10.00. The number of rotatable bonds is 9. The van der Waals surface area contributed by atoms with E-state index in [0.717, 1.165) is 17.3 Å². The predicted molar refractivity (Wildman–Crippen MR) is 126 cm³/mol. The summed E-state index contributed by atoms with van der Waals surface area (Å²) in [6, 6.07) is 5.61. The summed E-state index contributed by atoms with van der Waals surface area (Å²) in [5.41, 5.74) is 1.14. The Balaban J connectivity index is 2.20. The molecule has 0 saturated heterocycles. The maximum atomic E-state index is 13.1. The molecule has 8 nitrogen and oxygen atoms in total. The van der Waals surface area contributed by atoms with Gasteiger partial charge in [0.1, 0.15) is 5.82 Å².